The van der Waals surface area contributed by atoms with Gasteiger partial charge in [-0.1, -0.05) is 26.3 Å². The van der Waals surface area contributed by atoms with Gasteiger partial charge in [-0.15, -0.1) is 30.6 Å². The quantitative estimate of drug-likeness (QED) is 0.155. The van der Waals surface area contributed by atoms with E-state index in [2.05, 4.69) is 47.6 Å². The number of allylic oxidation sites excluding steroid dienone is 1. The van der Waals surface area contributed by atoms with Crippen molar-refractivity contribution >= 4 is 29.9 Å². The molecule has 0 saturated carbocycles. The van der Waals surface area contributed by atoms with Gasteiger partial charge in [-0.25, -0.2) is 0 Å². The van der Waals surface area contributed by atoms with Gasteiger partial charge in [-0.3, -0.25) is 4.99 Å². The van der Waals surface area contributed by atoms with Crippen molar-refractivity contribution in [2.45, 2.75) is 52.4 Å². The number of nitrogens with one attached hydrogen (secondary N) is 1. The van der Waals surface area contributed by atoms with E-state index in [0.717, 1.165) is 38.6 Å². The Morgan fingerprint density at radius 1 is 1.04 bits per heavy atom. The average Bonchev–Trinajstić information content (AvgIpc) is 2.54. The summed E-state index contributed by atoms with van der Waals surface area (Å²) in [6.07, 6.45) is 9.30. The third-order valence-electron chi connectivity index (χ3n) is 4.05. The van der Waals surface area contributed by atoms with E-state index in [-0.39, 0.29) is 24.0 Å². The Kier molecular flexibility index (Phi) is 19.6. The topological polar surface area (TPSA) is 30.9 Å². The first-order valence-electron chi connectivity index (χ1n) is 8.94. The highest BCUT2D eigenvalue weighted by molar-refractivity contribution is 14.0. The van der Waals surface area contributed by atoms with Crippen LogP contribution < -0.4 is 5.32 Å². The number of aliphatic imine (C=N–C) groups is 1. The van der Waals surface area contributed by atoms with Crippen molar-refractivity contribution < 1.29 is 0 Å². The third-order valence-corrected chi connectivity index (χ3v) is 4.05. The molecule has 0 aromatic carbocycles. The second-order valence-electron chi connectivity index (χ2n) is 5.77. The van der Waals surface area contributed by atoms with Crippen molar-refractivity contribution in [2.75, 3.05) is 46.8 Å². The molecule has 138 valence electrons. The molecule has 0 rings (SSSR count). The number of halogens is 1. The Morgan fingerprint density at radius 2 is 1.70 bits per heavy atom. The van der Waals surface area contributed by atoms with E-state index in [1.54, 1.807) is 0 Å². The average molecular weight is 438 g/mol. The van der Waals surface area contributed by atoms with Crippen molar-refractivity contribution in [1.29, 1.82) is 0 Å². The molecule has 0 radical (unpaired) electrons. The zero-order valence-electron chi connectivity index (χ0n) is 15.8. The van der Waals surface area contributed by atoms with E-state index >= 15 is 0 Å². The van der Waals surface area contributed by atoms with Crippen LogP contribution in [-0.2, 0) is 0 Å². The first-order valence-corrected chi connectivity index (χ1v) is 8.94. The number of rotatable bonds is 13. The van der Waals surface area contributed by atoms with Crippen LogP contribution in [0.1, 0.15) is 52.4 Å². The van der Waals surface area contributed by atoms with Crippen molar-refractivity contribution in [3.8, 4) is 0 Å². The van der Waals surface area contributed by atoms with E-state index in [9.17, 15) is 0 Å². The second kappa shape index (κ2) is 18.0. The Hall–Kier alpha value is -0.300. The molecular weight excluding hydrogens is 399 g/mol. The lowest BCUT2D eigenvalue weighted by atomic mass is 10.2. The molecule has 0 aromatic rings. The molecule has 0 unspecified atom stereocenters. The van der Waals surface area contributed by atoms with Crippen LogP contribution in [-0.4, -0.2) is 62.6 Å². The third kappa shape index (κ3) is 13.8. The summed E-state index contributed by atoms with van der Waals surface area (Å²) in [7, 11) is 3.99. The Morgan fingerprint density at radius 3 is 2.26 bits per heavy atom. The molecule has 4 nitrogen and oxygen atoms in total. The van der Waals surface area contributed by atoms with Crippen LogP contribution in [0.15, 0.2) is 17.6 Å². The molecule has 0 atom stereocenters. The molecule has 0 aromatic heterocycles. The maximum Gasteiger partial charge on any atom is 0.193 e. The molecule has 0 aliphatic heterocycles. The van der Waals surface area contributed by atoms with Crippen molar-refractivity contribution in [3.05, 3.63) is 12.7 Å². The summed E-state index contributed by atoms with van der Waals surface area (Å²) in [4.78, 5) is 9.08. The smallest absolute Gasteiger partial charge is 0.193 e. The number of guanidine groups is 1. The molecular formula is C18H39IN4. The van der Waals surface area contributed by atoms with Gasteiger partial charge in [0, 0.05) is 27.2 Å². The highest BCUT2D eigenvalue weighted by Crippen LogP contribution is 2.01. The van der Waals surface area contributed by atoms with Gasteiger partial charge in [-0.05, 0) is 51.7 Å². The van der Waals surface area contributed by atoms with Crippen LogP contribution in [0.5, 0.6) is 0 Å². The maximum absolute atomic E-state index is 4.37. The Bertz CT molecular complexity index is 291. The zero-order valence-corrected chi connectivity index (χ0v) is 18.1. The molecule has 0 heterocycles. The van der Waals surface area contributed by atoms with Crippen molar-refractivity contribution in [3.63, 3.8) is 0 Å². The highest BCUT2D eigenvalue weighted by Gasteiger charge is 2.05. The summed E-state index contributed by atoms with van der Waals surface area (Å²) in [5.41, 5.74) is 0. The minimum absolute atomic E-state index is 0. The number of hydrogen-bond acceptors (Lipinski definition) is 2. The van der Waals surface area contributed by atoms with Gasteiger partial charge >= 0.3 is 0 Å². The normalized spacial score (nSPS) is 11.3. The first kappa shape index (κ1) is 24.9. The molecule has 0 amide bonds. The fourth-order valence-electron chi connectivity index (χ4n) is 2.51. The molecule has 0 saturated heterocycles. The van der Waals surface area contributed by atoms with Crippen molar-refractivity contribution in [1.82, 2.24) is 15.1 Å². The molecule has 0 bridgehead atoms. The summed E-state index contributed by atoms with van der Waals surface area (Å²) in [5, 5.41) is 3.47. The predicted molar refractivity (Wildman–Crippen MR) is 115 cm³/mol. The lowest BCUT2D eigenvalue weighted by molar-refractivity contribution is 0.297. The summed E-state index contributed by atoms with van der Waals surface area (Å²) < 4.78 is 0. The van der Waals surface area contributed by atoms with Crippen LogP contribution in [0.4, 0.5) is 0 Å². The SMILES string of the molecule is C=CCCCCCN(C)C(=NC)NCCCCN(CC)CC.I. The molecule has 0 aliphatic carbocycles. The standard InChI is InChI=1S/C18H38N4.HI/c1-6-9-10-11-13-16-21(5)18(19-4)20-15-12-14-17-22(7-2)8-3;/h6H,1,7-17H2,2-5H3,(H,19,20);1H. The largest absolute Gasteiger partial charge is 0.356 e. The first-order chi connectivity index (χ1) is 10.7. The van der Waals surface area contributed by atoms with E-state index < -0.39 is 0 Å². The maximum atomic E-state index is 4.37. The van der Waals surface area contributed by atoms with E-state index in [0.29, 0.717) is 0 Å². The van der Waals surface area contributed by atoms with E-state index in [1.165, 1.54) is 38.6 Å². The van der Waals surface area contributed by atoms with Gasteiger partial charge in [0.15, 0.2) is 5.96 Å². The molecule has 0 aliphatic rings. The number of unbranched alkanes of at least 4 members (excludes halogenated alkanes) is 4. The fourth-order valence-corrected chi connectivity index (χ4v) is 2.51. The minimum Gasteiger partial charge on any atom is -0.356 e. The highest BCUT2D eigenvalue weighted by atomic mass is 127. The summed E-state index contributed by atoms with van der Waals surface area (Å²) in [6, 6.07) is 0. The fraction of sp³-hybridized carbons (Fsp3) is 0.833. The molecule has 23 heavy (non-hydrogen) atoms. The molecule has 0 spiro atoms. The summed E-state index contributed by atoms with van der Waals surface area (Å²) >= 11 is 0. The van der Waals surface area contributed by atoms with Crippen molar-refractivity contribution in [2.24, 2.45) is 4.99 Å². The Balaban J connectivity index is 0. The molecule has 1 N–H and O–H groups in total. The van der Waals surface area contributed by atoms with Crippen LogP contribution >= 0.6 is 24.0 Å². The summed E-state index contributed by atoms with van der Waals surface area (Å²) in [5.74, 6) is 1.02. The molecule has 0 fully saturated rings. The van der Waals surface area contributed by atoms with Crippen LogP contribution in [0.3, 0.4) is 0 Å². The minimum atomic E-state index is 0. The van der Waals surface area contributed by atoms with Gasteiger partial charge in [-0.2, -0.15) is 0 Å². The summed E-state index contributed by atoms with van der Waals surface area (Å²) in [6.45, 7) is 13.8. The van der Waals surface area contributed by atoms with Crippen LogP contribution in [0.2, 0.25) is 0 Å². The molecule has 5 heteroatoms. The van der Waals surface area contributed by atoms with Gasteiger partial charge in [0.25, 0.3) is 0 Å². The van der Waals surface area contributed by atoms with Crippen LogP contribution in [0.25, 0.3) is 0 Å². The zero-order chi connectivity index (χ0) is 16.6. The van der Waals surface area contributed by atoms with Gasteiger partial charge in [0.05, 0.1) is 0 Å². The van der Waals surface area contributed by atoms with E-state index in [1.807, 2.05) is 13.1 Å². The predicted octanol–water partition coefficient (Wildman–Crippen LogP) is 3.98. The van der Waals surface area contributed by atoms with Gasteiger partial charge in [0.1, 0.15) is 0 Å². The number of nitrogens with zero attached hydrogens (tertiary/aromatic N) is 3. The lowest BCUT2D eigenvalue weighted by Crippen LogP contribution is -2.40. The Labute approximate surface area is 161 Å². The van der Waals surface area contributed by atoms with E-state index in [4.69, 9.17) is 0 Å². The lowest BCUT2D eigenvalue weighted by Gasteiger charge is -2.22. The number of hydrogen-bond donors (Lipinski definition) is 1. The van der Waals surface area contributed by atoms with Crippen LogP contribution in [0, 0.1) is 0 Å². The van der Waals surface area contributed by atoms with Gasteiger partial charge in [0.2, 0.25) is 0 Å². The second-order valence-corrected chi connectivity index (χ2v) is 5.77. The monoisotopic (exact) mass is 438 g/mol. The van der Waals surface area contributed by atoms with Gasteiger partial charge < -0.3 is 15.1 Å².